The number of hydrogen-bond acceptors (Lipinski definition) is 3. The van der Waals surface area contributed by atoms with E-state index in [-0.39, 0.29) is 5.78 Å². The van der Waals surface area contributed by atoms with Crippen LogP contribution in [0, 0.1) is 0 Å². The van der Waals surface area contributed by atoms with Crippen LogP contribution in [0.1, 0.15) is 12.6 Å². The lowest BCUT2D eigenvalue weighted by molar-refractivity contribution is -0.116. The van der Waals surface area contributed by atoms with Gasteiger partial charge in [0.25, 0.3) is 0 Å². The van der Waals surface area contributed by atoms with Crippen LogP contribution in [0.2, 0.25) is 19.6 Å². The van der Waals surface area contributed by atoms with E-state index in [9.17, 15) is 4.79 Å². The van der Waals surface area contributed by atoms with Crippen molar-refractivity contribution < 1.29 is 9.32 Å². The second-order valence-electron chi connectivity index (χ2n) is 4.31. The van der Waals surface area contributed by atoms with Crippen LogP contribution in [0.5, 0.6) is 0 Å². The predicted molar refractivity (Wildman–Crippen MR) is 53.9 cm³/mol. The Bertz CT molecular complexity index is 312. The molecule has 0 unspecified atom stereocenters. The first-order valence-electron chi connectivity index (χ1n) is 4.35. The normalized spacial score (nSPS) is 11.7. The van der Waals surface area contributed by atoms with Crippen molar-refractivity contribution in [1.29, 1.82) is 0 Å². The first-order valence-corrected chi connectivity index (χ1v) is 7.85. The third kappa shape index (κ3) is 2.80. The summed E-state index contributed by atoms with van der Waals surface area (Å²) in [5.41, 5.74) is 0.755. The van der Waals surface area contributed by atoms with Crippen LogP contribution < -0.4 is 5.38 Å². The van der Waals surface area contributed by atoms with Crippen LogP contribution in [-0.4, -0.2) is 19.0 Å². The minimum absolute atomic E-state index is 0.121. The predicted octanol–water partition coefficient (Wildman–Crippen LogP) is 1.35. The van der Waals surface area contributed by atoms with E-state index in [4.69, 9.17) is 4.52 Å². The highest BCUT2D eigenvalue weighted by Crippen LogP contribution is 2.04. The number of ketones is 1. The molecule has 0 aliphatic rings. The molecule has 0 amide bonds. The second-order valence-corrected chi connectivity index (χ2v) is 9.30. The summed E-state index contributed by atoms with van der Waals surface area (Å²) in [6.45, 7) is 8.12. The van der Waals surface area contributed by atoms with Gasteiger partial charge in [-0.25, -0.2) is 0 Å². The standard InChI is InChI=1S/C9H15NO2Si/c1-7(11)5-8-6-9(12-10-8)13(2,3)4/h6H,5H2,1-4H3. The Kier molecular flexibility index (Phi) is 2.70. The molecule has 1 heterocycles. The number of rotatable bonds is 3. The molecule has 1 rings (SSSR count). The van der Waals surface area contributed by atoms with Crippen molar-refractivity contribution in [1.82, 2.24) is 5.16 Å². The lowest BCUT2D eigenvalue weighted by Crippen LogP contribution is -2.36. The summed E-state index contributed by atoms with van der Waals surface area (Å²) in [4.78, 5) is 10.8. The van der Waals surface area contributed by atoms with Crippen molar-refractivity contribution in [3.05, 3.63) is 11.8 Å². The fraction of sp³-hybridized carbons (Fsp3) is 0.556. The monoisotopic (exact) mass is 197 g/mol. The van der Waals surface area contributed by atoms with Gasteiger partial charge in [-0.05, 0) is 13.0 Å². The summed E-state index contributed by atoms with van der Waals surface area (Å²) in [6, 6.07) is 1.91. The maximum Gasteiger partial charge on any atom is 0.135 e. The fourth-order valence-corrected chi connectivity index (χ4v) is 1.92. The summed E-state index contributed by atoms with van der Waals surface area (Å²) in [6.07, 6.45) is 0.383. The number of carbonyl (C=O) groups excluding carboxylic acids is 1. The van der Waals surface area contributed by atoms with Crippen molar-refractivity contribution in [2.45, 2.75) is 33.0 Å². The molecule has 0 saturated carbocycles. The Morgan fingerprint density at radius 1 is 1.54 bits per heavy atom. The lowest BCUT2D eigenvalue weighted by atomic mass is 10.2. The van der Waals surface area contributed by atoms with Crippen molar-refractivity contribution >= 4 is 19.2 Å². The molecule has 0 aliphatic heterocycles. The summed E-state index contributed by atoms with van der Waals surface area (Å²) < 4.78 is 5.19. The molecule has 1 aromatic rings. The topological polar surface area (TPSA) is 43.1 Å². The highest BCUT2D eigenvalue weighted by Gasteiger charge is 2.22. The third-order valence-corrected chi connectivity index (χ3v) is 3.44. The van der Waals surface area contributed by atoms with Crippen molar-refractivity contribution in [2.75, 3.05) is 0 Å². The third-order valence-electron chi connectivity index (χ3n) is 1.73. The maximum absolute atomic E-state index is 10.8. The highest BCUT2D eigenvalue weighted by molar-refractivity contribution is 6.87. The van der Waals surface area contributed by atoms with E-state index in [1.54, 1.807) is 6.92 Å². The van der Waals surface area contributed by atoms with Crippen molar-refractivity contribution in [3.8, 4) is 0 Å². The Hall–Kier alpha value is -0.903. The minimum atomic E-state index is -1.40. The van der Waals surface area contributed by atoms with Crippen LogP contribution in [0.15, 0.2) is 10.6 Å². The fourth-order valence-electron chi connectivity index (χ4n) is 1.00. The van der Waals surface area contributed by atoms with Crippen molar-refractivity contribution in [3.63, 3.8) is 0 Å². The van der Waals surface area contributed by atoms with Gasteiger partial charge < -0.3 is 4.52 Å². The summed E-state index contributed by atoms with van der Waals surface area (Å²) in [5, 5.41) is 4.82. The van der Waals surface area contributed by atoms with Crippen LogP contribution in [0.25, 0.3) is 0 Å². The zero-order valence-electron chi connectivity index (χ0n) is 8.55. The number of hydrogen-bond donors (Lipinski definition) is 0. The van der Waals surface area contributed by atoms with E-state index in [2.05, 4.69) is 24.8 Å². The van der Waals surface area contributed by atoms with Gasteiger partial charge in [0, 0.05) is 0 Å². The zero-order valence-corrected chi connectivity index (χ0v) is 9.55. The Balaban J connectivity index is 2.81. The SMILES string of the molecule is CC(=O)Cc1cc([Si](C)(C)C)on1. The largest absolute Gasteiger partial charge is 0.366 e. The molecular weight excluding hydrogens is 182 g/mol. The van der Waals surface area contributed by atoms with Gasteiger partial charge in [0.05, 0.1) is 12.1 Å². The van der Waals surface area contributed by atoms with Gasteiger partial charge in [0.1, 0.15) is 19.2 Å². The molecule has 0 bridgehead atoms. The Morgan fingerprint density at radius 3 is 2.54 bits per heavy atom. The molecule has 0 aliphatic carbocycles. The van der Waals surface area contributed by atoms with E-state index >= 15 is 0 Å². The van der Waals surface area contributed by atoms with Crippen LogP contribution in [-0.2, 0) is 11.2 Å². The minimum Gasteiger partial charge on any atom is -0.366 e. The zero-order chi connectivity index (χ0) is 10.1. The van der Waals surface area contributed by atoms with Gasteiger partial charge in [-0.15, -0.1) is 0 Å². The quantitative estimate of drug-likeness (QED) is 0.687. The Labute approximate surface area is 79.1 Å². The number of carbonyl (C=O) groups is 1. The van der Waals surface area contributed by atoms with Gasteiger partial charge in [0.15, 0.2) is 0 Å². The molecule has 3 nitrogen and oxygen atoms in total. The summed E-state index contributed by atoms with van der Waals surface area (Å²) in [5.74, 6) is 0.121. The maximum atomic E-state index is 10.8. The van der Waals surface area contributed by atoms with E-state index in [0.29, 0.717) is 6.42 Å². The van der Waals surface area contributed by atoms with E-state index in [1.165, 1.54) is 0 Å². The molecule has 0 fully saturated rings. The first-order chi connectivity index (χ1) is 5.89. The van der Waals surface area contributed by atoms with Gasteiger partial charge in [-0.1, -0.05) is 24.8 Å². The second kappa shape index (κ2) is 3.45. The average Bonchev–Trinajstić information content (AvgIpc) is 2.32. The van der Waals surface area contributed by atoms with E-state index < -0.39 is 8.07 Å². The summed E-state index contributed by atoms with van der Waals surface area (Å²) >= 11 is 0. The van der Waals surface area contributed by atoms with Crippen LogP contribution in [0.4, 0.5) is 0 Å². The number of aromatic nitrogens is 1. The van der Waals surface area contributed by atoms with Gasteiger partial charge in [-0.3, -0.25) is 4.79 Å². The first kappa shape index (κ1) is 10.2. The molecule has 0 aromatic carbocycles. The highest BCUT2D eigenvalue weighted by atomic mass is 28.3. The van der Waals surface area contributed by atoms with Crippen LogP contribution in [0.3, 0.4) is 0 Å². The lowest BCUT2D eigenvalue weighted by Gasteiger charge is -2.08. The molecule has 0 spiro atoms. The number of nitrogens with zero attached hydrogens (tertiary/aromatic N) is 1. The summed E-state index contributed by atoms with van der Waals surface area (Å²) in [7, 11) is -1.40. The Morgan fingerprint density at radius 2 is 2.15 bits per heavy atom. The number of Topliss-reactive ketones (excluding diaryl/α,β-unsaturated/α-hetero) is 1. The smallest absolute Gasteiger partial charge is 0.135 e. The molecule has 1 aromatic heterocycles. The van der Waals surface area contributed by atoms with E-state index in [0.717, 1.165) is 11.1 Å². The van der Waals surface area contributed by atoms with E-state index in [1.807, 2.05) is 6.07 Å². The molecule has 72 valence electrons. The van der Waals surface area contributed by atoms with Crippen LogP contribution >= 0.6 is 0 Å². The molecule has 0 atom stereocenters. The molecule has 13 heavy (non-hydrogen) atoms. The average molecular weight is 197 g/mol. The molecule has 4 heteroatoms. The molecule has 0 N–H and O–H groups in total. The molecular formula is C9H15NO2Si. The van der Waals surface area contributed by atoms with Gasteiger partial charge in [0.2, 0.25) is 0 Å². The van der Waals surface area contributed by atoms with Crippen molar-refractivity contribution in [2.24, 2.45) is 0 Å². The van der Waals surface area contributed by atoms with Gasteiger partial charge in [-0.2, -0.15) is 0 Å². The molecule has 0 saturated heterocycles. The molecule has 0 radical (unpaired) electrons. The van der Waals surface area contributed by atoms with Gasteiger partial charge >= 0.3 is 0 Å².